The fourth-order valence-electron chi connectivity index (χ4n) is 1.63. The van der Waals surface area contributed by atoms with Crippen LogP contribution in [0.3, 0.4) is 0 Å². The Bertz CT molecular complexity index is 707. The molecule has 0 heterocycles. The number of hydrogen-bond acceptors (Lipinski definition) is 2. The summed E-state index contributed by atoms with van der Waals surface area (Å²) in [5.74, 6) is -0.575. The first kappa shape index (κ1) is 15.6. The van der Waals surface area contributed by atoms with E-state index in [0.29, 0.717) is 17.1 Å². The van der Waals surface area contributed by atoms with Crippen LogP contribution in [-0.2, 0) is 0 Å². The average molecular weight is 324 g/mol. The molecule has 0 aromatic heterocycles. The molecule has 0 aliphatic carbocycles. The number of amides is 3. The molecular weight excluding hydrogens is 313 g/mol. The number of halogens is 2. The molecule has 0 saturated heterocycles. The van der Waals surface area contributed by atoms with Gasteiger partial charge < -0.3 is 15.7 Å². The Morgan fingerprint density at radius 3 is 1.95 bits per heavy atom. The third kappa shape index (κ3) is 4.35. The number of urea groups is 1. The molecule has 114 valence electrons. The fraction of sp³-hybridized carbons (Fsp3) is 0. The monoisotopic (exact) mass is 323 g/mol. The molecule has 2 aromatic carbocycles. The van der Waals surface area contributed by atoms with Crippen molar-refractivity contribution in [2.45, 2.75) is 0 Å². The van der Waals surface area contributed by atoms with Crippen LogP contribution >= 0.6 is 11.6 Å². The maximum absolute atomic E-state index is 13.0. The lowest BCUT2D eigenvalue weighted by atomic mass is 10.3. The number of benzene rings is 2. The number of anilines is 3. The van der Waals surface area contributed by atoms with Gasteiger partial charge in [-0.15, -0.1) is 0 Å². The minimum absolute atomic E-state index is 0.0955. The fourth-order valence-corrected chi connectivity index (χ4v) is 1.81. The van der Waals surface area contributed by atoms with Crippen molar-refractivity contribution in [1.29, 1.82) is 0 Å². The first-order valence-electron chi connectivity index (χ1n) is 6.07. The van der Waals surface area contributed by atoms with E-state index in [1.807, 2.05) is 0 Å². The largest absolute Gasteiger partial charge is 0.465 e. The Labute approximate surface area is 129 Å². The van der Waals surface area contributed by atoms with Crippen LogP contribution in [0.2, 0.25) is 5.02 Å². The van der Waals surface area contributed by atoms with E-state index in [9.17, 15) is 14.0 Å². The summed E-state index contributed by atoms with van der Waals surface area (Å²) in [5.41, 5.74) is 1.18. The van der Waals surface area contributed by atoms with E-state index in [0.717, 1.165) is 6.07 Å². The minimum atomic E-state index is -1.17. The van der Waals surface area contributed by atoms with Crippen LogP contribution < -0.4 is 16.0 Å². The second kappa shape index (κ2) is 6.77. The van der Waals surface area contributed by atoms with E-state index in [1.165, 1.54) is 36.4 Å². The Balaban J connectivity index is 1.96. The standard InChI is InChI=1S/C14H11ClFN3O3/c15-11-7-10(5-6-12(11)16)18-13(20)17-8-1-3-9(4-2-8)19-14(21)22/h1-7,19H,(H,21,22)(H2,17,18,20). The number of carbonyl (C=O) groups excluding carboxylic acids is 1. The summed E-state index contributed by atoms with van der Waals surface area (Å²) in [6, 6.07) is 9.32. The van der Waals surface area contributed by atoms with Crippen molar-refractivity contribution < 1.29 is 19.1 Å². The van der Waals surface area contributed by atoms with Gasteiger partial charge in [-0.05, 0) is 42.5 Å². The smallest absolute Gasteiger partial charge is 0.409 e. The highest BCUT2D eigenvalue weighted by Gasteiger charge is 2.06. The van der Waals surface area contributed by atoms with Gasteiger partial charge in [-0.1, -0.05) is 11.6 Å². The highest BCUT2D eigenvalue weighted by molar-refractivity contribution is 6.31. The molecule has 0 bridgehead atoms. The van der Waals surface area contributed by atoms with Crippen molar-refractivity contribution in [3.63, 3.8) is 0 Å². The molecular formula is C14H11ClFN3O3. The zero-order valence-electron chi connectivity index (χ0n) is 11.1. The molecule has 0 atom stereocenters. The van der Waals surface area contributed by atoms with E-state index in [1.54, 1.807) is 0 Å². The van der Waals surface area contributed by atoms with Crippen LogP contribution in [0, 0.1) is 5.82 Å². The van der Waals surface area contributed by atoms with Crippen molar-refractivity contribution in [2.24, 2.45) is 0 Å². The quantitative estimate of drug-likeness (QED) is 0.682. The van der Waals surface area contributed by atoms with E-state index in [-0.39, 0.29) is 5.02 Å². The highest BCUT2D eigenvalue weighted by atomic mass is 35.5. The molecule has 22 heavy (non-hydrogen) atoms. The third-order valence-corrected chi connectivity index (χ3v) is 2.86. The average Bonchev–Trinajstić information content (AvgIpc) is 2.44. The molecule has 0 fully saturated rings. The number of hydrogen-bond donors (Lipinski definition) is 4. The van der Waals surface area contributed by atoms with Crippen LogP contribution in [0.25, 0.3) is 0 Å². The minimum Gasteiger partial charge on any atom is -0.465 e. The Hall–Kier alpha value is -2.80. The van der Waals surface area contributed by atoms with Gasteiger partial charge in [0.1, 0.15) is 5.82 Å². The van der Waals surface area contributed by atoms with E-state index >= 15 is 0 Å². The second-order valence-corrected chi connectivity index (χ2v) is 4.62. The lowest BCUT2D eigenvalue weighted by Gasteiger charge is -2.09. The molecule has 3 amide bonds. The molecule has 8 heteroatoms. The molecule has 0 saturated carbocycles. The SMILES string of the molecule is O=C(O)Nc1ccc(NC(=O)Nc2ccc(F)c(Cl)c2)cc1. The van der Waals surface area contributed by atoms with Gasteiger partial charge in [0.15, 0.2) is 0 Å². The summed E-state index contributed by atoms with van der Waals surface area (Å²) in [5, 5.41) is 15.7. The maximum Gasteiger partial charge on any atom is 0.409 e. The van der Waals surface area contributed by atoms with Crippen molar-refractivity contribution in [2.75, 3.05) is 16.0 Å². The molecule has 6 nitrogen and oxygen atoms in total. The van der Waals surface area contributed by atoms with E-state index < -0.39 is 17.9 Å². The molecule has 4 N–H and O–H groups in total. The number of rotatable bonds is 3. The van der Waals surface area contributed by atoms with Gasteiger partial charge in [0.2, 0.25) is 0 Å². The predicted octanol–water partition coefficient (Wildman–Crippen LogP) is 4.21. The van der Waals surface area contributed by atoms with Crippen molar-refractivity contribution in [1.82, 2.24) is 0 Å². The Kier molecular flexibility index (Phi) is 4.80. The predicted molar refractivity (Wildman–Crippen MR) is 82.1 cm³/mol. The van der Waals surface area contributed by atoms with Crippen LogP contribution in [0.4, 0.5) is 31.0 Å². The molecule has 0 radical (unpaired) electrons. The summed E-state index contributed by atoms with van der Waals surface area (Å²) < 4.78 is 13.0. The normalized spacial score (nSPS) is 9.91. The van der Waals surface area contributed by atoms with Gasteiger partial charge in [-0.3, -0.25) is 5.32 Å². The summed E-state index contributed by atoms with van der Waals surface area (Å²) in [6.45, 7) is 0. The van der Waals surface area contributed by atoms with Crippen LogP contribution in [-0.4, -0.2) is 17.2 Å². The van der Waals surface area contributed by atoms with Gasteiger partial charge in [0, 0.05) is 17.1 Å². The summed E-state index contributed by atoms with van der Waals surface area (Å²) in [7, 11) is 0. The first-order chi connectivity index (χ1) is 10.4. The van der Waals surface area contributed by atoms with Crippen LogP contribution in [0.5, 0.6) is 0 Å². The molecule has 0 spiro atoms. The van der Waals surface area contributed by atoms with Gasteiger partial charge >= 0.3 is 12.1 Å². The van der Waals surface area contributed by atoms with Gasteiger partial charge in [-0.2, -0.15) is 0 Å². The lowest BCUT2D eigenvalue weighted by Crippen LogP contribution is -2.19. The number of nitrogens with one attached hydrogen (secondary N) is 3. The number of carboxylic acid groups (broad SMARTS) is 1. The number of carbonyl (C=O) groups is 2. The van der Waals surface area contributed by atoms with Crippen molar-refractivity contribution in [3.05, 3.63) is 53.3 Å². The molecule has 0 unspecified atom stereocenters. The van der Waals surface area contributed by atoms with Gasteiger partial charge in [-0.25, -0.2) is 14.0 Å². The topological polar surface area (TPSA) is 90.5 Å². The highest BCUT2D eigenvalue weighted by Crippen LogP contribution is 2.20. The zero-order valence-corrected chi connectivity index (χ0v) is 11.8. The Morgan fingerprint density at radius 2 is 1.41 bits per heavy atom. The van der Waals surface area contributed by atoms with Crippen LogP contribution in [0.15, 0.2) is 42.5 Å². The maximum atomic E-state index is 13.0. The summed E-state index contributed by atoms with van der Waals surface area (Å²) in [6.07, 6.45) is -1.17. The molecule has 2 aromatic rings. The third-order valence-electron chi connectivity index (χ3n) is 2.57. The van der Waals surface area contributed by atoms with E-state index in [2.05, 4.69) is 16.0 Å². The first-order valence-corrected chi connectivity index (χ1v) is 6.45. The lowest BCUT2D eigenvalue weighted by molar-refractivity contribution is 0.209. The van der Waals surface area contributed by atoms with Crippen molar-refractivity contribution in [3.8, 4) is 0 Å². The summed E-state index contributed by atoms with van der Waals surface area (Å²) in [4.78, 5) is 22.2. The summed E-state index contributed by atoms with van der Waals surface area (Å²) >= 11 is 5.61. The second-order valence-electron chi connectivity index (χ2n) is 4.22. The molecule has 2 rings (SSSR count). The molecule has 0 aliphatic rings. The van der Waals surface area contributed by atoms with E-state index in [4.69, 9.17) is 16.7 Å². The Morgan fingerprint density at radius 1 is 0.909 bits per heavy atom. The zero-order chi connectivity index (χ0) is 16.1. The van der Waals surface area contributed by atoms with Gasteiger partial charge in [0.05, 0.1) is 5.02 Å². The van der Waals surface area contributed by atoms with Crippen molar-refractivity contribution >= 4 is 40.8 Å². The van der Waals surface area contributed by atoms with Gasteiger partial charge in [0.25, 0.3) is 0 Å². The molecule has 0 aliphatic heterocycles. The van der Waals surface area contributed by atoms with Crippen LogP contribution in [0.1, 0.15) is 0 Å².